The number of aryl methyl sites for hydroxylation is 1. The van der Waals surface area contributed by atoms with Crippen molar-refractivity contribution in [3.05, 3.63) is 52.5 Å². The molecule has 0 radical (unpaired) electrons. The first-order valence-corrected chi connectivity index (χ1v) is 9.08. The van der Waals surface area contributed by atoms with Crippen LogP contribution in [0.15, 0.2) is 46.9 Å². The fraction of sp³-hybridized carbons (Fsp3) is 0.263. The number of anilines is 1. The Labute approximate surface area is 166 Å². The molecule has 144 valence electrons. The van der Waals surface area contributed by atoms with Crippen molar-refractivity contribution in [3.63, 3.8) is 0 Å². The molecule has 0 aliphatic rings. The summed E-state index contributed by atoms with van der Waals surface area (Å²) in [7, 11) is 1.55. The van der Waals surface area contributed by atoms with Crippen molar-refractivity contribution < 1.29 is 19.1 Å². The van der Waals surface area contributed by atoms with E-state index in [2.05, 4.69) is 32.1 Å². The Morgan fingerprint density at radius 3 is 2.56 bits per heavy atom. The van der Waals surface area contributed by atoms with Gasteiger partial charge < -0.3 is 14.8 Å². The summed E-state index contributed by atoms with van der Waals surface area (Å²) in [6.45, 7) is 3.53. The number of rotatable bonds is 7. The number of amides is 2. The van der Waals surface area contributed by atoms with Gasteiger partial charge in [0, 0.05) is 0 Å². The molecular weight excluding hydrogens is 414 g/mol. The Morgan fingerprint density at radius 1 is 1.11 bits per heavy atom. The Kier molecular flexibility index (Phi) is 7.48. The lowest BCUT2D eigenvalue weighted by atomic mass is 10.2. The third kappa shape index (κ3) is 6.18. The number of hydrogen-bond donors (Lipinski definition) is 3. The first-order chi connectivity index (χ1) is 12.9. The molecule has 7 nitrogen and oxygen atoms in total. The SMILES string of the molecule is COc1ccccc1NCC(=O)NNC(=O)C(C)Oc1ccc(C)cc1Br. The molecule has 2 rings (SSSR count). The molecule has 2 aromatic carbocycles. The normalized spacial score (nSPS) is 11.3. The molecule has 27 heavy (non-hydrogen) atoms. The van der Waals surface area contributed by atoms with Crippen LogP contribution in [0, 0.1) is 6.92 Å². The lowest BCUT2D eigenvalue weighted by Gasteiger charge is -2.16. The average molecular weight is 436 g/mol. The van der Waals surface area contributed by atoms with Crippen LogP contribution >= 0.6 is 15.9 Å². The van der Waals surface area contributed by atoms with Gasteiger partial charge in [0.2, 0.25) is 0 Å². The van der Waals surface area contributed by atoms with Crippen molar-refractivity contribution in [2.75, 3.05) is 19.0 Å². The molecule has 1 atom stereocenters. The maximum atomic E-state index is 12.1. The first kappa shape index (κ1) is 20.6. The molecule has 0 spiro atoms. The molecule has 3 N–H and O–H groups in total. The van der Waals surface area contributed by atoms with Crippen LogP contribution in [-0.2, 0) is 9.59 Å². The van der Waals surface area contributed by atoms with Crippen molar-refractivity contribution in [1.82, 2.24) is 10.9 Å². The molecular formula is C19H22BrN3O4. The predicted octanol–water partition coefficient (Wildman–Crippen LogP) is 2.79. The van der Waals surface area contributed by atoms with E-state index in [9.17, 15) is 9.59 Å². The monoisotopic (exact) mass is 435 g/mol. The van der Waals surface area contributed by atoms with Crippen molar-refractivity contribution in [2.24, 2.45) is 0 Å². The third-order valence-electron chi connectivity index (χ3n) is 3.63. The Morgan fingerprint density at radius 2 is 1.85 bits per heavy atom. The number of halogens is 1. The molecule has 1 unspecified atom stereocenters. The maximum absolute atomic E-state index is 12.1. The van der Waals surface area contributed by atoms with Crippen LogP contribution in [0.25, 0.3) is 0 Å². The number of carbonyl (C=O) groups excluding carboxylic acids is 2. The second-order valence-corrected chi connectivity index (χ2v) is 6.64. The highest BCUT2D eigenvalue weighted by atomic mass is 79.9. The number of methoxy groups -OCH3 is 1. The smallest absolute Gasteiger partial charge is 0.279 e. The molecule has 0 fully saturated rings. The van der Waals surface area contributed by atoms with E-state index in [0.29, 0.717) is 17.2 Å². The molecule has 0 aromatic heterocycles. The van der Waals surface area contributed by atoms with Crippen LogP contribution in [0.5, 0.6) is 11.5 Å². The Hall–Kier alpha value is -2.74. The van der Waals surface area contributed by atoms with Gasteiger partial charge in [-0.25, -0.2) is 0 Å². The van der Waals surface area contributed by atoms with Gasteiger partial charge in [0.05, 0.1) is 23.8 Å². The van der Waals surface area contributed by atoms with Crippen LogP contribution in [0.1, 0.15) is 12.5 Å². The van der Waals surface area contributed by atoms with E-state index in [0.717, 1.165) is 10.0 Å². The van der Waals surface area contributed by atoms with E-state index in [1.165, 1.54) is 0 Å². The minimum Gasteiger partial charge on any atom is -0.495 e. The van der Waals surface area contributed by atoms with Gasteiger partial charge in [0.25, 0.3) is 11.8 Å². The van der Waals surface area contributed by atoms with Crippen LogP contribution in [0.4, 0.5) is 5.69 Å². The Balaban J connectivity index is 1.79. The number of para-hydroxylation sites is 2. The van der Waals surface area contributed by atoms with E-state index in [1.807, 2.05) is 31.2 Å². The second kappa shape index (κ2) is 9.82. The van der Waals surface area contributed by atoms with E-state index in [4.69, 9.17) is 9.47 Å². The molecule has 0 aliphatic carbocycles. The average Bonchev–Trinajstić information content (AvgIpc) is 2.66. The quantitative estimate of drug-likeness (QED) is 0.581. The van der Waals surface area contributed by atoms with Crippen molar-refractivity contribution >= 4 is 33.4 Å². The number of carbonyl (C=O) groups is 2. The molecule has 0 aliphatic heterocycles. The van der Waals surface area contributed by atoms with Crippen molar-refractivity contribution in [2.45, 2.75) is 20.0 Å². The highest BCUT2D eigenvalue weighted by Gasteiger charge is 2.16. The van der Waals surface area contributed by atoms with Gasteiger partial charge >= 0.3 is 0 Å². The van der Waals surface area contributed by atoms with Crippen molar-refractivity contribution in [3.8, 4) is 11.5 Å². The van der Waals surface area contributed by atoms with Crippen molar-refractivity contribution in [1.29, 1.82) is 0 Å². The molecule has 0 saturated carbocycles. The van der Waals surface area contributed by atoms with Gasteiger partial charge in [-0.1, -0.05) is 18.2 Å². The van der Waals surface area contributed by atoms with Gasteiger partial charge in [-0.15, -0.1) is 0 Å². The van der Waals surface area contributed by atoms with Crippen LogP contribution in [0.2, 0.25) is 0 Å². The number of hydrazine groups is 1. The zero-order valence-corrected chi connectivity index (χ0v) is 16.9. The van der Waals surface area contributed by atoms with Gasteiger partial charge in [-0.05, 0) is 59.6 Å². The molecule has 0 saturated heterocycles. The topological polar surface area (TPSA) is 88.7 Å². The number of nitrogens with one attached hydrogen (secondary N) is 3. The highest BCUT2D eigenvalue weighted by Crippen LogP contribution is 2.26. The van der Waals surface area contributed by atoms with Crippen LogP contribution < -0.4 is 25.6 Å². The summed E-state index contributed by atoms with van der Waals surface area (Å²) < 4.78 is 11.6. The van der Waals surface area contributed by atoms with E-state index < -0.39 is 17.9 Å². The summed E-state index contributed by atoms with van der Waals surface area (Å²) in [5, 5.41) is 2.94. The summed E-state index contributed by atoms with van der Waals surface area (Å²) in [6.07, 6.45) is -0.786. The fourth-order valence-corrected chi connectivity index (χ4v) is 2.78. The first-order valence-electron chi connectivity index (χ1n) is 8.29. The highest BCUT2D eigenvalue weighted by molar-refractivity contribution is 9.10. The molecule has 8 heteroatoms. The van der Waals surface area contributed by atoms with E-state index >= 15 is 0 Å². The third-order valence-corrected chi connectivity index (χ3v) is 4.25. The van der Waals surface area contributed by atoms with E-state index in [-0.39, 0.29) is 6.54 Å². The minimum absolute atomic E-state index is 0.0284. The van der Waals surface area contributed by atoms with Gasteiger partial charge in [0.15, 0.2) is 6.10 Å². The van der Waals surface area contributed by atoms with Gasteiger partial charge in [-0.3, -0.25) is 20.4 Å². The minimum atomic E-state index is -0.786. The molecule has 2 aromatic rings. The number of hydrogen-bond acceptors (Lipinski definition) is 5. The fourth-order valence-electron chi connectivity index (χ4n) is 2.19. The maximum Gasteiger partial charge on any atom is 0.279 e. The van der Waals surface area contributed by atoms with Gasteiger partial charge in [-0.2, -0.15) is 0 Å². The number of ether oxygens (including phenoxy) is 2. The zero-order valence-electron chi connectivity index (χ0n) is 15.3. The zero-order chi connectivity index (χ0) is 19.8. The largest absolute Gasteiger partial charge is 0.495 e. The molecule has 2 amide bonds. The van der Waals surface area contributed by atoms with E-state index in [1.54, 1.807) is 32.2 Å². The Bertz CT molecular complexity index is 813. The molecule has 0 heterocycles. The van der Waals surface area contributed by atoms with Gasteiger partial charge in [0.1, 0.15) is 11.5 Å². The summed E-state index contributed by atoms with van der Waals surface area (Å²) in [6, 6.07) is 12.8. The summed E-state index contributed by atoms with van der Waals surface area (Å²) in [5.41, 5.74) is 6.45. The van der Waals surface area contributed by atoms with Crippen LogP contribution in [-0.4, -0.2) is 31.6 Å². The number of benzene rings is 2. The summed E-state index contributed by atoms with van der Waals surface area (Å²) in [4.78, 5) is 24.0. The standard InChI is InChI=1S/C19H22BrN3O4/c1-12-8-9-16(14(20)10-12)27-13(2)19(25)23-22-18(24)11-21-15-6-4-5-7-17(15)26-3/h4-10,13,21H,11H2,1-3H3,(H,22,24)(H,23,25). The second-order valence-electron chi connectivity index (χ2n) is 5.79. The lowest BCUT2D eigenvalue weighted by Crippen LogP contribution is -2.48. The predicted molar refractivity (Wildman–Crippen MR) is 107 cm³/mol. The molecule has 0 bridgehead atoms. The van der Waals surface area contributed by atoms with Crippen LogP contribution in [0.3, 0.4) is 0 Å². The summed E-state index contributed by atoms with van der Waals surface area (Å²) >= 11 is 3.40. The summed E-state index contributed by atoms with van der Waals surface area (Å²) in [5.74, 6) is 0.304. The lowest BCUT2D eigenvalue weighted by molar-refractivity contribution is -0.132.